The number of rotatable bonds is 7. The Morgan fingerprint density at radius 3 is 2.90 bits per heavy atom. The highest BCUT2D eigenvalue weighted by Crippen LogP contribution is 2.17. The van der Waals surface area contributed by atoms with Gasteiger partial charge in [-0.05, 0) is 25.3 Å². The van der Waals surface area contributed by atoms with E-state index in [1.165, 1.54) is 16.8 Å². The predicted octanol–water partition coefficient (Wildman–Crippen LogP) is 1.05. The number of nitrogens with one attached hydrogen (secondary N) is 1. The number of sulfonamides is 1. The van der Waals surface area contributed by atoms with Gasteiger partial charge in [0.25, 0.3) is 0 Å². The van der Waals surface area contributed by atoms with Crippen LogP contribution in [0.2, 0.25) is 0 Å². The molecule has 0 radical (unpaired) electrons. The maximum atomic E-state index is 12.2. The Morgan fingerprint density at radius 2 is 2.33 bits per heavy atom. The van der Waals surface area contributed by atoms with Crippen molar-refractivity contribution in [1.82, 2.24) is 9.29 Å². The smallest absolute Gasteiger partial charge is 0.352 e. The summed E-state index contributed by atoms with van der Waals surface area (Å²) in [5.41, 5.74) is -0.0191. The number of hydrogen-bond donors (Lipinski definition) is 2. The van der Waals surface area contributed by atoms with E-state index in [-0.39, 0.29) is 23.2 Å². The molecule has 118 valence electrons. The highest BCUT2D eigenvalue weighted by molar-refractivity contribution is 7.89. The standard InChI is InChI=1S/C13H20N2O5S/c1-2-5-15-9-11(7-12(15)13(16)17)21(18,19)14-8-10-4-3-6-20-10/h7,9-10,14H,2-6,8H2,1H3,(H,16,17). The van der Waals surface area contributed by atoms with Crippen molar-refractivity contribution in [3.05, 3.63) is 18.0 Å². The monoisotopic (exact) mass is 316 g/mol. The fourth-order valence-electron chi connectivity index (χ4n) is 2.33. The summed E-state index contributed by atoms with van der Waals surface area (Å²) in [6.07, 6.45) is 3.75. The van der Waals surface area contributed by atoms with Crippen LogP contribution in [0.5, 0.6) is 0 Å². The first-order chi connectivity index (χ1) is 9.94. The molecule has 1 saturated heterocycles. The van der Waals surface area contributed by atoms with Gasteiger partial charge in [0.2, 0.25) is 10.0 Å². The highest BCUT2D eigenvalue weighted by atomic mass is 32.2. The molecule has 0 amide bonds. The zero-order chi connectivity index (χ0) is 15.5. The van der Waals surface area contributed by atoms with E-state index in [4.69, 9.17) is 9.84 Å². The van der Waals surface area contributed by atoms with Gasteiger partial charge in [-0.25, -0.2) is 17.9 Å². The minimum absolute atomic E-state index is 0.0191. The first-order valence-corrected chi connectivity index (χ1v) is 8.47. The summed E-state index contributed by atoms with van der Waals surface area (Å²) in [4.78, 5) is 11.1. The van der Waals surface area contributed by atoms with Gasteiger partial charge in [0.15, 0.2) is 0 Å². The third kappa shape index (κ3) is 3.84. The van der Waals surface area contributed by atoms with Crippen molar-refractivity contribution in [2.24, 2.45) is 0 Å². The van der Waals surface area contributed by atoms with Gasteiger partial charge < -0.3 is 14.4 Å². The quantitative estimate of drug-likeness (QED) is 0.783. The van der Waals surface area contributed by atoms with Gasteiger partial charge in [0.1, 0.15) is 10.6 Å². The summed E-state index contributed by atoms with van der Waals surface area (Å²) in [6, 6.07) is 1.19. The highest BCUT2D eigenvalue weighted by Gasteiger charge is 2.23. The molecule has 1 fully saturated rings. The number of aryl methyl sites for hydroxylation is 1. The van der Waals surface area contributed by atoms with Crippen LogP contribution >= 0.6 is 0 Å². The molecule has 0 spiro atoms. The number of nitrogens with zero attached hydrogens (tertiary/aromatic N) is 1. The van der Waals surface area contributed by atoms with Crippen molar-refractivity contribution in [1.29, 1.82) is 0 Å². The number of carboxylic acids is 1. The lowest BCUT2D eigenvalue weighted by molar-refractivity contribution is 0.0685. The molecular weight excluding hydrogens is 296 g/mol. The molecule has 0 saturated carbocycles. The van der Waals surface area contributed by atoms with E-state index in [1.54, 1.807) is 0 Å². The van der Waals surface area contributed by atoms with E-state index in [2.05, 4.69) is 4.72 Å². The number of ether oxygens (including phenoxy) is 1. The number of aromatic carboxylic acids is 1. The first-order valence-electron chi connectivity index (χ1n) is 6.98. The van der Waals surface area contributed by atoms with E-state index in [0.29, 0.717) is 13.2 Å². The van der Waals surface area contributed by atoms with Crippen LogP contribution in [0.15, 0.2) is 17.2 Å². The van der Waals surface area contributed by atoms with E-state index in [9.17, 15) is 13.2 Å². The fourth-order valence-corrected chi connectivity index (χ4v) is 3.43. The van der Waals surface area contributed by atoms with Crippen molar-refractivity contribution in [2.75, 3.05) is 13.2 Å². The normalized spacial score (nSPS) is 19.0. The molecule has 0 aliphatic carbocycles. The van der Waals surface area contributed by atoms with Crippen molar-refractivity contribution in [2.45, 2.75) is 43.7 Å². The molecule has 2 rings (SSSR count). The van der Waals surface area contributed by atoms with Crippen molar-refractivity contribution < 1.29 is 23.1 Å². The summed E-state index contributed by atoms with van der Waals surface area (Å²) < 4.78 is 33.7. The van der Waals surface area contributed by atoms with Crippen molar-refractivity contribution in [3.63, 3.8) is 0 Å². The van der Waals surface area contributed by atoms with Crippen LogP contribution < -0.4 is 4.72 Å². The second-order valence-corrected chi connectivity index (χ2v) is 6.81. The van der Waals surface area contributed by atoms with Crippen LogP contribution in [0.1, 0.15) is 36.7 Å². The minimum Gasteiger partial charge on any atom is -0.477 e. The van der Waals surface area contributed by atoms with Gasteiger partial charge >= 0.3 is 5.97 Å². The molecule has 8 heteroatoms. The maximum absolute atomic E-state index is 12.2. The molecule has 1 unspecified atom stereocenters. The van der Waals surface area contributed by atoms with Gasteiger partial charge in [0, 0.05) is 25.9 Å². The molecule has 2 heterocycles. The molecule has 1 aliphatic rings. The van der Waals surface area contributed by atoms with E-state index in [1.807, 2.05) is 6.92 Å². The Hall–Kier alpha value is -1.38. The average Bonchev–Trinajstić information content (AvgIpc) is 3.06. The lowest BCUT2D eigenvalue weighted by Gasteiger charge is -2.10. The molecule has 1 aromatic rings. The van der Waals surface area contributed by atoms with Gasteiger partial charge in [-0.3, -0.25) is 0 Å². The van der Waals surface area contributed by atoms with Crippen LogP contribution in [0.4, 0.5) is 0 Å². The Kier molecular flexibility index (Phi) is 5.02. The van der Waals surface area contributed by atoms with E-state index in [0.717, 1.165) is 19.3 Å². The topological polar surface area (TPSA) is 97.6 Å². The minimum atomic E-state index is -3.72. The maximum Gasteiger partial charge on any atom is 0.352 e. The zero-order valence-electron chi connectivity index (χ0n) is 11.9. The molecule has 1 atom stereocenters. The lowest BCUT2D eigenvalue weighted by atomic mass is 10.2. The largest absolute Gasteiger partial charge is 0.477 e. The summed E-state index contributed by atoms with van der Waals surface area (Å²) >= 11 is 0. The number of carboxylic acid groups (broad SMARTS) is 1. The molecular formula is C13H20N2O5S. The Bertz CT molecular complexity index is 602. The number of carbonyl (C=O) groups is 1. The number of hydrogen-bond acceptors (Lipinski definition) is 4. The molecule has 0 bridgehead atoms. The Labute approximate surface area is 124 Å². The van der Waals surface area contributed by atoms with Gasteiger partial charge in [-0.2, -0.15) is 0 Å². The van der Waals surface area contributed by atoms with Gasteiger partial charge in [-0.1, -0.05) is 6.92 Å². The average molecular weight is 316 g/mol. The molecule has 7 nitrogen and oxygen atoms in total. The van der Waals surface area contributed by atoms with Gasteiger partial charge in [-0.15, -0.1) is 0 Å². The Balaban J connectivity index is 2.14. The molecule has 0 aromatic carbocycles. The van der Waals surface area contributed by atoms with E-state index < -0.39 is 16.0 Å². The summed E-state index contributed by atoms with van der Waals surface area (Å²) in [7, 11) is -3.72. The Morgan fingerprint density at radius 1 is 1.57 bits per heavy atom. The fraction of sp³-hybridized carbons (Fsp3) is 0.615. The molecule has 21 heavy (non-hydrogen) atoms. The van der Waals surface area contributed by atoms with Crippen LogP contribution in [-0.4, -0.2) is 43.3 Å². The summed E-state index contributed by atoms with van der Waals surface area (Å²) in [6.45, 7) is 3.23. The lowest BCUT2D eigenvalue weighted by Crippen LogP contribution is -2.31. The van der Waals surface area contributed by atoms with Crippen molar-refractivity contribution >= 4 is 16.0 Å². The van der Waals surface area contributed by atoms with Crippen LogP contribution in [0.25, 0.3) is 0 Å². The second kappa shape index (κ2) is 6.59. The summed E-state index contributed by atoms with van der Waals surface area (Å²) in [5, 5.41) is 9.12. The van der Waals surface area contributed by atoms with E-state index >= 15 is 0 Å². The van der Waals surface area contributed by atoms with Crippen LogP contribution in [0, 0.1) is 0 Å². The molecule has 2 N–H and O–H groups in total. The third-order valence-electron chi connectivity index (χ3n) is 3.39. The van der Waals surface area contributed by atoms with Crippen LogP contribution in [-0.2, 0) is 21.3 Å². The third-order valence-corrected chi connectivity index (χ3v) is 4.78. The molecule has 1 aromatic heterocycles. The number of aromatic nitrogens is 1. The van der Waals surface area contributed by atoms with Crippen LogP contribution in [0.3, 0.4) is 0 Å². The summed E-state index contributed by atoms with van der Waals surface area (Å²) in [5.74, 6) is -1.14. The zero-order valence-corrected chi connectivity index (χ0v) is 12.7. The molecule has 1 aliphatic heterocycles. The SMILES string of the molecule is CCCn1cc(S(=O)(=O)NCC2CCCO2)cc1C(=O)O. The van der Waals surface area contributed by atoms with Crippen molar-refractivity contribution in [3.8, 4) is 0 Å². The second-order valence-electron chi connectivity index (χ2n) is 5.05. The van der Waals surface area contributed by atoms with Gasteiger partial charge in [0.05, 0.1) is 6.10 Å². The first kappa shape index (κ1) is 16.0. The predicted molar refractivity (Wildman–Crippen MR) is 75.8 cm³/mol.